The summed E-state index contributed by atoms with van der Waals surface area (Å²) in [4.78, 5) is 0. The number of rotatable bonds is 3. The zero-order valence-corrected chi connectivity index (χ0v) is 6.18. The van der Waals surface area contributed by atoms with Gasteiger partial charge in [-0.3, -0.25) is 5.32 Å². The van der Waals surface area contributed by atoms with Crippen LogP contribution in [0.25, 0.3) is 0 Å². The molecule has 0 radical (unpaired) electrons. The number of aliphatic hydroxyl groups excluding tert-OH is 1. The fourth-order valence-corrected chi connectivity index (χ4v) is 0.510. The second-order valence-electron chi connectivity index (χ2n) is 2.63. The number of aliphatic hydroxyl groups is 2. The molecular weight excluding hydrogens is 118 g/mol. The fraction of sp³-hybridized carbons (Fsp3) is 1.00. The first-order valence-electron chi connectivity index (χ1n) is 3.14. The summed E-state index contributed by atoms with van der Waals surface area (Å²) < 4.78 is 0. The Kier molecular flexibility index (Phi) is 3.11. The summed E-state index contributed by atoms with van der Waals surface area (Å²) in [6.07, 6.45) is -0.00530. The quantitative estimate of drug-likeness (QED) is 0.476. The van der Waals surface area contributed by atoms with Gasteiger partial charge in [-0.1, -0.05) is 6.92 Å². The van der Waals surface area contributed by atoms with Crippen molar-refractivity contribution >= 4 is 0 Å². The molecule has 9 heavy (non-hydrogen) atoms. The minimum atomic E-state index is -0.977. The predicted molar refractivity (Wildman–Crippen MR) is 35.7 cm³/mol. The van der Waals surface area contributed by atoms with Gasteiger partial charge in [0.15, 0.2) is 0 Å². The van der Waals surface area contributed by atoms with Crippen LogP contribution in [0, 0.1) is 0 Å². The summed E-state index contributed by atoms with van der Waals surface area (Å²) >= 11 is 0. The van der Waals surface area contributed by atoms with Gasteiger partial charge < -0.3 is 10.2 Å². The summed E-state index contributed by atoms with van der Waals surface area (Å²) in [5.74, 6) is 0. The van der Waals surface area contributed by atoms with Gasteiger partial charge in [-0.15, -0.1) is 0 Å². The van der Waals surface area contributed by atoms with Crippen LogP contribution in [-0.2, 0) is 0 Å². The molecule has 0 rings (SSSR count). The molecule has 0 aromatic carbocycles. The van der Waals surface area contributed by atoms with Crippen molar-refractivity contribution < 1.29 is 10.2 Å². The van der Waals surface area contributed by atoms with Gasteiger partial charge in [-0.05, 0) is 20.3 Å². The molecule has 0 amide bonds. The molecule has 0 aliphatic heterocycles. The highest BCUT2D eigenvalue weighted by molar-refractivity contribution is 4.62. The van der Waals surface area contributed by atoms with E-state index in [1.165, 1.54) is 0 Å². The zero-order valence-electron chi connectivity index (χ0n) is 6.18. The minimum Gasteiger partial charge on any atom is -0.379 e. The smallest absolute Gasteiger partial charge is 0.112 e. The second kappa shape index (κ2) is 3.15. The molecule has 3 nitrogen and oxygen atoms in total. The van der Waals surface area contributed by atoms with Gasteiger partial charge in [0.25, 0.3) is 0 Å². The van der Waals surface area contributed by atoms with Crippen LogP contribution in [0.3, 0.4) is 0 Å². The molecule has 0 aliphatic carbocycles. The average Bonchev–Trinajstić information content (AvgIpc) is 1.62. The largest absolute Gasteiger partial charge is 0.379 e. The van der Waals surface area contributed by atoms with Crippen molar-refractivity contribution in [2.45, 2.75) is 39.1 Å². The van der Waals surface area contributed by atoms with Crippen LogP contribution in [0.1, 0.15) is 27.2 Å². The molecule has 0 aromatic heterocycles. The fourth-order valence-electron chi connectivity index (χ4n) is 0.510. The topological polar surface area (TPSA) is 52.5 Å². The monoisotopic (exact) mass is 133 g/mol. The Balaban J connectivity index is 3.47. The van der Waals surface area contributed by atoms with Crippen LogP contribution >= 0.6 is 0 Å². The lowest BCUT2D eigenvalue weighted by Crippen LogP contribution is -2.45. The average molecular weight is 133 g/mol. The van der Waals surface area contributed by atoms with E-state index in [2.05, 4.69) is 5.32 Å². The molecular formula is C6H15NO2. The van der Waals surface area contributed by atoms with Crippen molar-refractivity contribution in [2.75, 3.05) is 0 Å². The molecule has 0 fully saturated rings. The molecule has 0 spiro atoms. The van der Waals surface area contributed by atoms with E-state index in [1.54, 1.807) is 13.8 Å². The third-order valence-electron chi connectivity index (χ3n) is 0.907. The summed E-state index contributed by atoms with van der Waals surface area (Å²) in [6.45, 7) is 5.02. The molecule has 1 unspecified atom stereocenters. The van der Waals surface area contributed by atoms with Crippen LogP contribution in [0.5, 0.6) is 0 Å². The molecule has 0 saturated carbocycles. The Morgan fingerprint density at radius 2 is 2.00 bits per heavy atom. The highest BCUT2D eigenvalue weighted by Gasteiger charge is 2.14. The lowest BCUT2D eigenvalue weighted by molar-refractivity contribution is -0.0200. The maximum Gasteiger partial charge on any atom is 0.112 e. The summed E-state index contributed by atoms with van der Waals surface area (Å²) in [6, 6.07) is 0. The molecule has 0 saturated heterocycles. The number of hydrogen-bond acceptors (Lipinski definition) is 3. The van der Waals surface area contributed by atoms with E-state index in [0.29, 0.717) is 6.42 Å². The van der Waals surface area contributed by atoms with E-state index in [0.717, 1.165) is 0 Å². The van der Waals surface area contributed by atoms with Crippen LogP contribution < -0.4 is 5.32 Å². The maximum atomic E-state index is 9.05. The van der Waals surface area contributed by atoms with E-state index in [-0.39, 0.29) is 0 Å². The number of nitrogens with one attached hydrogen (secondary N) is 1. The first-order valence-corrected chi connectivity index (χ1v) is 3.14. The Bertz CT molecular complexity index is 77.6. The highest BCUT2D eigenvalue weighted by atomic mass is 16.3. The van der Waals surface area contributed by atoms with Crippen molar-refractivity contribution in [3.8, 4) is 0 Å². The Hall–Kier alpha value is -0.120. The standard InChI is InChI=1S/C6H15NO2/c1-4-5(8)7-6(2,3)9/h5,7-9H,4H2,1-3H3. The van der Waals surface area contributed by atoms with Gasteiger partial charge in [0.2, 0.25) is 0 Å². The zero-order chi connectivity index (χ0) is 7.49. The van der Waals surface area contributed by atoms with Crippen LogP contribution in [0.2, 0.25) is 0 Å². The lowest BCUT2D eigenvalue weighted by atomic mass is 10.3. The molecule has 3 N–H and O–H groups in total. The first kappa shape index (κ1) is 8.88. The van der Waals surface area contributed by atoms with Crippen molar-refractivity contribution in [2.24, 2.45) is 0 Å². The van der Waals surface area contributed by atoms with Crippen molar-refractivity contribution in [1.82, 2.24) is 5.32 Å². The molecule has 0 aromatic rings. The van der Waals surface area contributed by atoms with E-state index >= 15 is 0 Å². The first-order chi connectivity index (χ1) is 3.95. The Morgan fingerprint density at radius 1 is 1.56 bits per heavy atom. The Labute approximate surface area is 55.7 Å². The molecule has 0 bridgehead atoms. The molecule has 0 heterocycles. The van der Waals surface area contributed by atoms with Gasteiger partial charge in [0.05, 0.1) is 0 Å². The Morgan fingerprint density at radius 3 is 2.11 bits per heavy atom. The van der Waals surface area contributed by atoms with Gasteiger partial charge in [0.1, 0.15) is 12.0 Å². The van der Waals surface area contributed by atoms with Crippen LogP contribution in [-0.4, -0.2) is 22.2 Å². The van der Waals surface area contributed by atoms with Crippen LogP contribution in [0.4, 0.5) is 0 Å². The maximum absolute atomic E-state index is 9.05. The van der Waals surface area contributed by atoms with E-state index < -0.39 is 12.0 Å². The van der Waals surface area contributed by atoms with E-state index in [9.17, 15) is 0 Å². The minimum absolute atomic E-state index is 0.601. The number of hydrogen-bond donors (Lipinski definition) is 3. The van der Waals surface area contributed by atoms with Crippen molar-refractivity contribution in [3.05, 3.63) is 0 Å². The highest BCUT2D eigenvalue weighted by Crippen LogP contribution is 1.97. The van der Waals surface area contributed by atoms with Gasteiger partial charge >= 0.3 is 0 Å². The predicted octanol–water partition coefficient (Wildman–Crippen LogP) is 0.0328. The van der Waals surface area contributed by atoms with E-state index in [4.69, 9.17) is 10.2 Å². The third kappa shape index (κ3) is 5.76. The molecule has 56 valence electrons. The van der Waals surface area contributed by atoms with Crippen molar-refractivity contribution in [1.29, 1.82) is 0 Å². The third-order valence-corrected chi connectivity index (χ3v) is 0.907. The molecule has 3 heteroatoms. The summed E-state index contributed by atoms with van der Waals surface area (Å²) in [7, 11) is 0. The normalized spacial score (nSPS) is 15.7. The lowest BCUT2D eigenvalue weighted by Gasteiger charge is -2.22. The second-order valence-corrected chi connectivity index (χ2v) is 2.63. The van der Waals surface area contributed by atoms with Crippen molar-refractivity contribution in [3.63, 3.8) is 0 Å². The van der Waals surface area contributed by atoms with Crippen LogP contribution in [0.15, 0.2) is 0 Å². The van der Waals surface area contributed by atoms with Gasteiger partial charge in [0, 0.05) is 0 Å². The summed E-state index contributed by atoms with van der Waals surface area (Å²) in [5.41, 5.74) is -0.977. The SMILES string of the molecule is CCC(O)NC(C)(C)O. The van der Waals surface area contributed by atoms with Gasteiger partial charge in [-0.25, -0.2) is 0 Å². The molecule has 1 atom stereocenters. The van der Waals surface area contributed by atoms with Gasteiger partial charge in [-0.2, -0.15) is 0 Å². The van der Waals surface area contributed by atoms with E-state index in [1.807, 2.05) is 6.92 Å². The summed E-state index contributed by atoms with van der Waals surface area (Å²) in [5, 5.41) is 20.6. The molecule has 0 aliphatic rings.